The number of nitrogens with two attached hydrogens (primary N) is 1. The molecule has 92 valence electrons. The number of hydrogen-bond acceptors (Lipinski definition) is 2. The summed E-state index contributed by atoms with van der Waals surface area (Å²) in [7, 11) is 0. The third kappa shape index (κ3) is 3.77. The van der Waals surface area contributed by atoms with Crippen molar-refractivity contribution in [2.24, 2.45) is 5.92 Å². The van der Waals surface area contributed by atoms with Crippen LogP contribution in [0.25, 0.3) is 0 Å². The maximum Gasteiger partial charge on any atom is 0.224 e. The van der Waals surface area contributed by atoms with Crippen LogP contribution < -0.4 is 11.1 Å². The number of carbonyl (C=O) groups is 1. The Morgan fingerprint density at radius 1 is 1.35 bits per heavy atom. The summed E-state index contributed by atoms with van der Waals surface area (Å²) in [6.45, 7) is 0.834. The number of rotatable bonds is 4. The average molecular weight is 232 g/mol. The van der Waals surface area contributed by atoms with Gasteiger partial charge in [-0.1, -0.05) is 25.0 Å². The molecular formula is C14H20N2O. The zero-order chi connectivity index (χ0) is 12.1. The molecule has 0 unspecified atom stereocenters. The van der Waals surface area contributed by atoms with Gasteiger partial charge in [0.2, 0.25) is 5.91 Å². The molecule has 0 radical (unpaired) electrons. The van der Waals surface area contributed by atoms with E-state index in [0.29, 0.717) is 18.0 Å². The lowest BCUT2D eigenvalue weighted by Crippen LogP contribution is -2.29. The van der Waals surface area contributed by atoms with E-state index in [1.165, 1.54) is 25.7 Å². The van der Waals surface area contributed by atoms with E-state index in [1.54, 1.807) is 0 Å². The van der Waals surface area contributed by atoms with Crippen molar-refractivity contribution < 1.29 is 4.79 Å². The molecular weight excluding hydrogens is 212 g/mol. The average Bonchev–Trinajstić information content (AvgIpc) is 2.79. The summed E-state index contributed by atoms with van der Waals surface area (Å²) in [4.78, 5) is 11.7. The predicted molar refractivity (Wildman–Crippen MR) is 69.5 cm³/mol. The Hall–Kier alpha value is -1.51. The molecule has 3 nitrogen and oxygen atoms in total. The van der Waals surface area contributed by atoms with Crippen molar-refractivity contribution in [1.29, 1.82) is 0 Å². The highest BCUT2D eigenvalue weighted by atomic mass is 16.1. The van der Waals surface area contributed by atoms with E-state index in [1.807, 2.05) is 24.3 Å². The monoisotopic (exact) mass is 232 g/mol. The molecule has 0 aromatic heterocycles. The Bertz CT molecular complexity index is 384. The van der Waals surface area contributed by atoms with Crippen molar-refractivity contribution in [3.8, 4) is 0 Å². The van der Waals surface area contributed by atoms with Crippen molar-refractivity contribution in [3.63, 3.8) is 0 Å². The van der Waals surface area contributed by atoms with Gasteiger partial charge in [0, 0.05) is 12.2 Å². The third-order valence-corrected chi connectivity index (χ3v) is 3.38. The molecule has 3 N–H and O–H groups in total. The molecule has 0 bridgehead atoms. The highest BCUT2D eigenvalue weighted by Crippen LogP contribution is 2.23. The first kappa shape index (κ1) is 12.0. The number of amides is 1. The zero-order valence-electron chi connectivity index (χ0n) is 10.1. The van der Waals surface area contributed by atoms with Crippen LogP contribution >= 0.6 is 0 Å². The van der Waals surface area contributed by atoms with Gasteiger partial charge < -0.3 is 11.1 Å². The summed E-state index contributed by atoms with van der Waals surface area (Å²) >= 11 is 0. The smallest absolute Gasteiger partial charge is 0.224 e. The SMILES string of the molecule is Nc1cccc(CC(=O)NCC2CCCC2)c1. The minimum atomic E-state index is 0.0995. The van der Waals surface area contributed by atoms with E-state index >= 15 is 0 Å². The van der Waals surface area contributed by atoms with Crippen LogP contribution in [-0.2, 0) is 11.2 Å². The fraction of sp³-hybridized carbons (Fsp3) is 0.500. The topological polar surface area (TPSA) is 55.1 Å². The molecule has 0 atom stereocenters. The molecule has 0 spiro atoms. The molecule has 0 saturated heterocycles. The highest BCUT2D eigenvalue weighted by molar-refractivity contribution is 5.78. The van der Waals surface area contributed by atoms with E-state index in [9.17, 15) is 4.79 Å². The van der Waals surface area contributed by atoms with Crippen LogP contribution in [0.1, 0.15) is 31.2 Å². The number of hydrogen-bond donors (Lipinski definition) is 2. The first-order chi connectivity index (χ1) is 8.24. The minimum Gasteiger partial charge on any atom is -0.399 e. The maximum atomic E-state index is 11.7. The van der Waals surface area contributed by atoms with Crippen molar-refractivity contribution in [2.45, 2.75) is 32.1 Å². The fourth-order valence-corrected chi connectivity index (χ4v) is 2.42. The number of nitrogens with one attached hydrogen (secondary N) is 1. The lowest BCUT2D eigenvalue weighted by Gasteiger charge is -2.10. The Labute approximate surface area is 102 Å². The first-order valence-corrected chi connectivity index (χ1v) is 6.35. The second-order valence-electron chi connectivity index (χ2n) is 4.88. The summed E-state index contributed by atoms with van der Waals surface area (Å²) in [6, 6.07) is 7.51. The zero-order valence-corrected chi connectivity index (χ0v) is 10.1. The number of anilines is 1. The molecule has 0 heterocycles. The van der Waals surface area contributed by atoms with E-state index in [-0.39, 0.29) is 5.91 Å². The largest absolute Gasteiger partial charge is 0.399 e. The number of carbonyl (C=O) groups excluding carboxylic acids is 1. The molecule has 1 aliphatic carbocycles. The summed E-state index contributed by atoms with van der Waals surface area (Å²) in [5.74, 6) is 0.794. The Morgan fingerprint density at radius 3 is 2.82 bits per heavy atom. The predicted octanol–water partition coefficient (Wildman–Crippen LogP) is 2.12. The van der Waals surface area contributed by atoms with Gasteiger partial charge in [0.25, 0.3) is 0 Å². The third-order valence-electron chi connectivity index (χ3n) is 3.38. The molecule has 1 saturated carbocycles. The number of benzene rings is 1. The van der Waals surface area contributed by atoms with E-state index < -0.39 is 0 Å². The van der Waals surface area contributed by atoms with Crippen LogP contribution in [0.3, 0.4) is 0 Å². The minimum absolute atomic E-state index is 0.0995. The maximum absolute atomic E-state index is 11.7. The molecule has 1 amide bonds. The van der Waals surface area contributed by atoms with Gasteiger partial charge in [-0.2, -0.15) is 0 Å². The second kappa shape index (κ2) is 5.71. The van der Waals surface area contributed by atoms with Crippen molar-refractivity contribution in [3.05, 3.63) is 29.8 Å². The molecule has 0 aliphatic heterocycles. The summed E-state index contributed by atoms with van der Waals surface area (Å²) in [5, 5.41) is 3.01. The van der Waals surface area contributed by atoms with E-state index in [2.05, 4.69) is 5.32 Å². The molecule has 2 rings (SSSR count). The molecule has 3 heteroatoms. The standard InChI is InChI=1S/C14H20N2O/c15-13-7-3-6-12(8-13)9-14(17)16-10-11-4-1-2-5-11/h3,6-8,11H,1-2,4-5,9-10,15H2,(H,16,17). The molecule has 1 aliphatic rings. The Morgan fingerprint density at radius 2 is 2.12 bits per heavy atom. The lowest BCUT2D eigenvalue weighted by molar-refractivity contribution is -0.120. The van der Waals surface area contributed by atoms with Crippen molar-refractivity contribution >= 4 is 11.6 Å². The normalized spacial score (nSPS) is 16.0. The van der Waals surface area contributed by atoms with Gasteiger partial charge in [-0.3, -0.25) is 4.79 Å². The van der Waals surface area contributed by atoms with Crippen LogP contribution in [-0.4, -0.2) is 12.5 Å². The van der Waals surface area contributed by atoms with Gasteiger partial charge in [-0.05, 0) is 36.5 Å². The molecule has 1 aromatic carbocycles. The highest BCUT2D eigenvalue weighted by Gasteiger charge is 2.15. The Kier molecular flexibility index (Phi) is 4.02. The second-order valence-corrected chi connectivity index (χ2v) is 4.88. The fourth-order valence-electron chi connectivity index (χ4n) is 2.42. The van der Waals surface area contributed by atoms with Gasteiger partial charge in [-0.25, -0.2) is 0 Å². The van der Waals surface area contributed by atoms with Crippen LogP contribution in [0, 0.1) is 5.92 Å². The first-order valence-electron chi connectivity index (χ1n) is 6.35. The van der Waals surface area contributed by atoms with Gasteiger partial charge in [0.1, 0.15) is 0 Å². The van der Waals surface area contributed by atoms with Crippen molar-refractivity contribution in [1.82, 2.24) is 5.32 Å². The van der Waals surface area contributed by atoms with Crippen LogP contribution in [0.4, 0.5) is 5.69 Å². The molecule has 1 fully saturated rings. The van der Waals surface area contributed by atoms with Gasteiger partial charge >= 0.3 is 0 Å². The molecule has 1 aromatic rings. The van der Waals surface area contributed by atoms with Gasteiger partial charge in [0.05, 0.1) is 6.42 Å². The van der Waals surface area contributed by atoms with Crippen LogP contribution in [0.15, 0.2) is 24.3 Å². The van der Waals surface area contributed by atoms with E-state index in [0.717, 1.165) is 12.1 Å². The van der Waals surface area contributed by atoms with Crippen LogP contribution in [0.5, 0.6) is 0 Å². The molecule has 17 heavy (non-hydrogen) atoms. The van der Waals surface area contributed by atoms with Crippen LogP contribution in [0.2, 0.25) is 0 Å². The lowest BCUT2D eigenvalue weighted by atomic mass is 10.1. The summed E-state index contributed by atoms with van der Waals surface area (Å²) in [5.41, 5.74) is 7.37. The van der Waals surface area contributed by atoms with Gasteiger partial charge in [-0.15, -0.1) is 0 Å². The Balaban J connectivity index is 1.76. The summed E-state index contributed by atoms with van der Waals surface area (Å²) in [6.07, 6.45) is 5.58. The quantitative estimate of drug-likeness (QED) is 0.781. The van der Waals surface area contributed by atoms with E-state index in [4.69, 9.17) is 5.73 Å². The van der Waals surface area contributed by atoms with Gasteiger partial charge in [0.15, 0.2) is 0 Å². The van der Waals surface area contributed by atoms with Crippen molar-refractivity contribution in [2.75, 3.05) is 12.3 Å². The summed E-state index contributed by atoms with van der Waals surface area (Å²) < 4.78 is 0. The number of nitrogen functional groups attached to an aromatic ring is 1.